The van der Waals surface area contributed by atoms with Crippen LogP contribution < -0.4 is 0 Å². The first kappa shape index (κ1) is 11.7. The van der Waals surface area contributed by atoms with Crippen LogP contribution in [-0.2, 0) is 0 Å². The highest BCUT2D eigenvalue weighted by molar-refractivity contribution is 8.04. The van der Waals surface area contributed by atoms with Crippen LogP contribution in [0, 0.1) is 0 Å². The number of thioether (sulfide) groups is 1. The van der Waals surface area contributed by atoms with E-state index in [1.807, 2.05) is 13.8 Å². The minimum absolute atomic E-state index is 0.138. The maximum atomic E-state index is 5.65. The molecule has 0 aliphatic heterocycles. The number of allylic oxidation sites excluding steroid dienone is 1. The number of rotatable bonds is 3. The summed E-state index contributed by atoms with van der Waals surface area (Å²) in [5, 5.41) is 0. The van der Waals surface area contributed by atoms with Crippen molar-refractivity contribution in [1.82, 2.24) is 0 Å². The minimum Gasteiger partial charge on any atom is -0.107 e. The Hall–Kier alpha value is 0.700. The van der Waals surface area contributed by atoms with Crippen molar-refractivity contribution in [3.05, 3.63) is 20.5 Å². The summed E-state index contributed by atoms with van der Waals surface area (Å²) in [6.07, 6.45) is 2.06. The van der Waals surface area contributed by atoms with Gasteiger partial charge in [-0.2, -0.15) is 0 Å². The number of hydrogen-bond acceptors (Lipinski definition) is 1. The van der Waals surface area contributed by atoms with Gasteiger partial charge in [-0.1, -0.05) is 46.5 Å². The van der Waals surface area contributed by atoms with Crippen LogP contribution in [0.3, 0.4) is 0 Å². The zero-order chi connectivity index (χ0) is 8.85. The fraction of sp³-hybridized carbons (Fsp3) is 0.429. The third kappa shape index (κ3) is 7.07. The molecule has 0 spiro atoms. The Bertz CT molecular complexity index is 176. The molecule has 0 saturated carbocycles. The van der Waals surface area contributed by atoms with Crippen LogP contribution in [-0.4, -0.2) is 5.75 Å². The van der Waals surface area contributed by atoms with Gasteiger partial charge in [0.25, 0.3) is 0 Å². The Kier molecular flexibility index (Phi) is 6.64. The molecule has 0 aromatic carbocycles. The Morgan fingerprint density at radius 1 is 1.27 bits per heavy atom. The topological polar surface area (TPSA) is 0 Å². The summed E-state index contributed by atoms with van der Waals surface area (Å²) in [4.78, 5) is 0. The summed E-state index contributed by atoms with van der Waals surface area (Å²) in [6.45, 7) is 4.06. The van der Waals surface area contributed by atoms with Crippen LogP contribution in [0.25, 0.3) is 0 Å². The molecule has 0 radical (unpaired) electrons. The van der Waals surface area contributed by atoms with Crippen molar-refractivity contribution < 1.29 is 0 Å². The van der Waals surface area contributed by atoms with Gasteiger partial charge in [-0.05, 0) is 13.8 Å². The second-order valence-electron chi connectivity index (χ2n) is 2.13. The van der Waals surface area contributed by atoms with E-state index in [1.54, 1.807) is 0 Å². The molecule has 0 fully saturated rings. The van der Waals surface area contributed by atoms with E-state index in [-0.39, 0.29) is 4.49 Å². The van der Waals surface area contributed by atoms with Crippen LogP contribution >= 0.6 is 46.6 Å². The minimum atomic E-state index is 0.138. The molecule has 4 heteroatoms. The standard InChI is InChI=1S/C7H9Cl3S/c1-5(2)3-4-11-7(10)6(8)9/h3H,4H2,1-2H3. The average molecular weight is 232 g/mol. The molecular formula is C7H9Cl3S. The molecule has 11 heavy (non-hydrogen) atoms. The maximum Gasteiger partial charge on any atom is 0.131 e. The molecule has 0 bridgehead atoms. The predicted molar refractivity (Wildman–Crippen MR) is 56.5 cm³/mol. The maximum absolute atomic E-state index is 5.65. The molecule has 0 aliphatic rings. The molecule has 0 atom stereocenters. The van der Waals surface area contributed by atoms with E-state index in [0.29, 0.717) is 4.36 Å². The fourth-order valence-corrected chi connectivity index (χ4v) is 1.52. The molecule has 0 rings (SSSR count). The molecule has 0 aliphatic carbocycles. The summed E-state index contributed by atoms with van der Waals surface area (Å²) in [7, 11) is 0. The zero-order valence-corrected chi connectivity index (χ0v) is 9.41. The van der Waals surface area contributed by atoms with Gasteiger partial charge in [0.15, 0.2) is 0 Å². The van der Waals surface area contributed by atoms with Crippen molar-refractivity contribution in [2.24, 2.45) is 0 Å². The summed E-state index contributed by atoms with van der Waals surface area (Å²) in [5.41, 5.74) is 1.26. The molecule has 0 nitrogen and oxygen atoms in total. The van der Waals surface area contributed by atoms with Gasteiger partial charge >= 0.3 is 0 Å². The zero-order valence-electron chi connectivity index (χ0n) is 6.33. The first-order valence-corrected chi connectivity index (χ1v) is 5.13. The molecular weight excluding hydrogens is 223 g/mol. The van der Waals surface area contributed by atoms with Gasteiger partial charge in [-0.3, -0.25) is 0 Å². The van der Waals surface area contributed by atoms with E-state index in [2.05, 4.69) is 6.08 Å². The first-order chi connectivity index (χ1) is 5.04. The van der Waals surface area contributed by atoms with E-state index in [4.69, 9.17) is 34.8 Å². The van der Waals surface area contributed by atoms with Crippen molar-refractivity contribution in [3.8, 4) is 0 Å². The largest absolute Gasteiger partial charge is 0.131 e. The van der Waals surface area contributed by atoms with Crippen molar-refractivity contribution >= 4 is 46.6 Å². The smallest absolute Gasteiger partial charge is 0.107 e. The molecule has 0 N–H and O–H groups in total. The normalized spacial score (nSPS) is 9.18. The van der Waals surface area contributed by atoms with Crippen LogP contribution in [0.5, 0.6) is 0 Å². The Balaban J connectivity index is 3.73. The lowest BCUT2D eigenvalue weighted by molar-refractivity contribution is 1.37. The van der Waals surface area contributed by atoms with Gasteiger partial charge in [-0.25, -0.2) is 0 Å². The Morgan fingerprint density at radius 3 is 2.18 bits per heavy atom. The lowest BCUT2D eigenvalue weighted by atomic mass is 10.3. The first-order valence-electron chi connectivity index (χ1n) is 3.01. The van der Waals surface area contributed by atoms with E-state index >= 15 is 0 Å². The molecule has 0 aromatic rings. The lowest BCUT2D eigenvalue weighted by Crippen LogP contribution is -1.72. The van der Waals surface area contributed by atoms with Crippen LogP contribution in [0.1, 0.15) is 13.8 Å². The van der Waals surface area contributed by atoms with E-state index in [1.165, 1.54) is 17.3 Å². The van der Waals surface area contributed by atoms with Gasteiger partial charge < -0.3 is 0 Å². The summed E-state index contributed by atoms with van der Waals surface area (Å²) in [6, 6.07) is 0. The molecule has 0 aromatic heterocycles. The van der Waals surface area contributed by atoms with E-state index in [0.717, 1.165) is 5.75 Å². The molecule has 0 saturated heterocycles. The third-order valence-corrected chi connectivity index (χ3v) is 2.95. The predicted octanol–water partition coefficient (Wildman–Crippen LogP) is 4.53. The van der Waals surface area contributed by atoms with Crippen molar-refractivity contribution in [1.29, 1.82) is 0 Å². The third-order valence-electron chi connectivity index (χ3n) is 0.850. The number of halogens is 3. The number of hydrogen-bond donors (Lipinski definition) is 0. The lowest BCUT2D eigenvalue weighted by Gasteiger charge is -1.94. The Labute approximate surface area is 86.6 Å². The molecule has 0 unspecified atom stereocenters. The summed E-state index contributed by atoms with van der Waals surface area (Å²) < 4.78 is 0.588. The van der Waals surface area contributed by atoms with Crippen molar-refractivity contribution in [2.75, 3.05) is 5.75 Å². The quantitative estimate of drug-likeness (QED) is 0.643. The molecule has 0 amide bonds. The van der Waals surface area contributed by atoms with Crippen LogP contribution in [0.4, 0.5) is 0 Å². The molecule has 64 valence electrons. The second kappa shape index (κ2) is 6.24. The van der Waals surface area contributed by atoms with Gasteiger partial charge in [0.1, 0.15) is 8.86 Å². The SMILES string of the molecule is CC(C)=CCSC(Cl)=C(Cl)Cl. The average Bonchev–Trinajstić information content (AvgIpc) is 1.86. The monoisotopic (exact) mass is 230 g/mol. The van der Waals surface area contributed by atoms with E-state index < -0.39 is 0 Å². The van der Waals surface area contributed by atoms with Gasteiger partial charge in [0, 0.05) is 5.75 Å². The van der Waals surface area contributed by atoms with Crippen molar-refractivity contribution in [2.45, 2.75) is 13.8 Å². The van der Waals surface area contributed by atoms with Crippen LogP contribution in [0.2, 0.25) is 0 Å². The second-order valence-corrected chi connectivity index (χ2v) is 4.71. The van der Waals surface area contributed by atoms with Gasteiger partial charge in [-0.15, -0.1) is 11.8 Å². The fourth-order valence-electron chi connectivity index (χ4n) is 0.336. The Morgan fingerprint density at radius 2 is 1.82 bits per heavy atom. The highest BCUT2D eigenvalue weighted by atomic mass is 35.5. The summed E-state index contributed by atoms with van der Waals surface area (Å²) >= 11 is 17.9. The highest BCUT2D eigenvalue weighted by Gasteiger charge is 1.97. The van der Waals surface area contributed by atoms with Gasteiger partial charge in [0.05, 0.1) is 0 Å². The highest BCUT2D eigenvalue weighted by Crippen LogP contribution is 2.28. The van der Waals surface area contributed by atoms with Crippen LogP contribution in [0.15, 0.2) is 20.5 Å². The molecule has 0 heterocycles. The van der Waals surface area contributed by atoms with E-state index in [9.17, 15) is 0 Å². The van der Waals surface area contributed by atoms with Gasteiger partial charge in [0.2, 0.25) is 0 Å². The van der Waals surface area contributed by atoms with Crippen molar-refractivity contribution in [3.63, 3.8) is 0 Å². The summed E-state index contributed by atoms with van der Waals surface area (Å²) in [5.74, 6) is 0.810.